The largest absolute Gasteiger partial charge is 0.449 e. The quantitative estimate of drug-likeness (QED) is 0.444. The number of rotatable bonds is 7. The fourth-order valence-electron chi connectivity index (χ4n) is 2.41. The second-order valence-electron chi connectivity index (χ2n) is 6.29. The minimum absolute atomic E-state index is 0.0699. The minimum Gasteiger partial charge on any atom is -0.449 e. The summed E-state index contributed by atoms with van der Waals surface area (Å²) in [6, 6.07) is 15.1. The molecule has 31 heavy (non-hydrogen) atoms. The van der Waals surface area contributed by atoms with Crippen LogP contribution in [0.3, 0.4) is 0 Å². The van der Waals surface area contributed by atoms with Crippen molar-refractivity contribution in [3.63, 3.8) is 0 Å². The Morgan fingerprint density at radius 3 is 2.32 bits per heavy atom. The van der Waals surface area contributed by atoms with Crippen LogP contribution in [0.4, 0.5) is 11.4 Å². The molecule has 0 bridgehead atoms. The van der Waals surface area contributed by atoms with Crippen LogP contribution < -0.4 is 10.0 Å². The maximum absolute atomic E-state index is 12.3. The third-order valence-corrected chi connectivity index (χ3v) is 7.27. The fraction of sp³-hybridized carbons (Fsp3) is 0.100. The van der Waals surface area contributed by atoms with Gasteiger partial charge < -0.3 is 10.1 Å². The predicted molar refractivity (Wildman–Crippen MR) is 122 cm³/mol. The highest BCUT2D eigenvalue weighted by Gasteiger charge is 2.20. The zero-order valence-corrected chi connectivity index (χ0v) is 19.1. The molecule has 2 aromatic carbocycles. The Hall–Kier alpha value is -2.59. The molecule has 0 aliphatic carbocycles. The summed E-state index contributed by atoms with van der Waals surface area (Å²) in [6.07, 6.45) is -1.06. The lowest BCUT2D eigenvalue weighted by atomic mass is 10.2. The highest BCUT2D eigenvalue weighted by Crippen LogP contribution is 2.27. The van der Waals surface area contributed by atoms with E-state index in [1.807, 2.05) is 0 Å². The predicted octanol–water partition coefficient (Wildman–Crippen LogP) is 5.04. The first kappa shape index (κ1) is 23.1. The van der Waals surface area contributed by atoms with E-state index in [0.29, 0.717) is 15.0 Å². The second-order valence-corrected chi connectivity index (χ2v) is 10.3. The van der Waals surface area contributed by atoms with E-state index in [9.17, 15) is 18.0 Å². The molecule has 1 atom stereocenters. The van der Waals surface area contributed by atoms with Crippen LogP contribution in [0.2, 0.25) is 9.36 Å². The molecule has 0 fully saturated rings. The number of hydrogen-bond donors (Lipinski definition) is 2. The van der Waals surface area contributed by atoms with Crippen LogP contribution in [0.15, 0.2) is 64.9 Å². The summed E-state index contributed by atoms with van der Waals surface area (Å²) in [6.45, 7) is 1.44. The lowest BCUT2D eigenvalue weighted by Crippen LogP contribution is -2.30. The van der Waals surface area contributed by atoms with E-state index in [1.54, 1.807) is 24.3 Å². The molecule has 1 unspecified atom stereocenters. The van der Waals surface area contributed by atoms with E-state index >= 15 is 0 Å². The van der Waals surface area contributed by atoms with Gasteiger partial charge in [0.1, 0.15) is 4.21 Å². The number of carbonyl (C=O) groups excluding carboxylic acids is 2. The zero-order valence-electron chi connectivity index (χ0n) is 16.0. The number of halogens is 2. The molecule has 0 saturated carbocycles. The van der Waals surface area contributed by atoms with Crippen LogP contribution in [0, 0.1) is 0 Å². The molecule has 162 valence electrons. The van der Waals surface area contributed by atoms with Crippen LogP contribution in [0.5, 0.6) is 0 Å². The topological polar surface area (TPSA) is 102 Å². The molecule has 0 radical (unpaired) electrons. The molecule has 1 heterocycles. The van der Waals surface area contributed by atoms with Crippen molar-refractivity contribution in [2.45, 2.75) is 17.2 Å². The van der Waals surface area contributed by atoms with Gasteiger partial charge in [-0.15, -0.1) is 11.3 Å². The fourth-order valence-corrected chi connectivity index (χ4v) is 5.15. The molecular formula is C20H16Cl2N2O5S2. The Labute approximate surface area is 193 Å². The lowest BCUT2D eigenvalue weighted by Gasteiger charge is -2.14. The molecule has 0 aliphatic heterocycles. The third-order valence-electron chi connectivity index (χ3n) is 3.93. The number of amides is 1. The van der Waals surface area contributed by atoms with E-state index < -0.39 is 28.0 Å². The summed E-state index contributed by atoms with van der Waals surface area (Å²) in [5.41, 5.74) is 0.890. The average molecular weight is 499 g/mol. The summed E-state index contributed by atoms with van der Waals surface area (Å²) in [5.74, 6) is -1.25. The average Bonchev–Trinajstić information content (AvgIpc) is 3.15. The maximum Gasteiger partial charge on any atom is 0.338 e. The van der Waals surface area contributed by atoms with E-state index in [4.69, 9.17) is 27.9 Å². The first-order valence-electron chi connectivity index (χ1n) is 8.80. The van der Waals surface area contributed by atoms with E-state index in [-0.39, 0.29) is 15.5 Å². The van der Waals surface area contributed by atoms with Crippen molar-refractivity contribution in [1.82, 2.24) is 0 Å². The Morgan fingerprint density at radius 2 is 1.71 bits per heavy atom. The number of thiophene rings is 1. The summed E-state index contributed by atoms with van der Waals surface area (Å²) < 4.78 is 32.6. The van der Waals surface area contributed by atoms with Crippen LogP contribution in [0.1, 0.15) is 17.3 Å². The molecule has 0 spiro atoms. The second kappa shape index (κ2) is 9.69. The number of esters is 1. The number of nitrogens with one attached hydrogen (secondary N) is 2. The molecular weight excluding hydrogens is 483 g/mol. The maximum atomic E-state index is 12.3. The van der Waals surface area contributed by atoms with Crippen molar-refractivity contribution in [3.8, 4) is 0 Å². The van der Waals surface area contributed by atoms with Gasteiger partial charge in [0.05, 0.1) is 9.90 Å². The Morgan fingerprint density at radius 1 is 1.00 bits per heavy atom. The van der Waals surface area contributed by atoms with Crippen LogP contribution >= 0.6 is 34.5 Å². The van der Waals surface area contributed by atoms with Gasteiger partial charge in [0.2, 0.25) is 0 Å². The van der Waals surface area contributed by atoms with Crippen molar-refractivity contribution in [3.05, 3.63) is 75.6 Å². The molecule has 2 N–H and O–H groups in total. The van der Waals surface area contributed by atoms with Gasteiger partial charge in [-0.05, 0) is 61.5 Å². The van der Waals surface area contributed by atoms with Gasteiger partial charge >= 0.3 is 5.97 Å². The molecule has 0 aliphatic rings. The lowest BCUT2D eigenvalue weighted by molar-refractivity contribution is -0.123. The highest BCUT2D eigenvalue weighted by atomic mass is 35.5. The zero-order chi connectivity index (χ0) is 22.6. The first-order valence-corrected chi connectivity index (χ1v) is 11.9. The monoisotopic (exact) mass is 498 g/mol. The molecule has 3 aromatic rings. The Kier molecular flexibility index (Phi) is 7.22. The van der Waals surface area contributed by atoms with E-state index in [1.165, 1.54) is 43.3 Å². The van der Waals surface area contributed by atoms with Crippen molar-refractivity contribution in [2.75, 3.05) is 10.0 Å². The van der Waals surface area contributed by atoms with E-state index in [2.05, 4.69) is 10.0 Å². The van der Waals surface area contributed by atoms with Gasteiger partial charge in [0.25, 0.3) is 15.9 Å². The molecule has 1 amide bonds. The van der Waals surface area contributed by atoms with Gasteiger partial charge in [-0.25, -0.2) is 13.2 Å². The van der Waals surface area contributed by atoms with Crippen LogP contribution in [0.25, 0.3) is 0 Å². The van der Waals surface area contributed by atoms with Crippen molar-refractivity contribution >= 4 is 67.8 Å². The SMILES string of the molecule is CC(OC(=O)c1ccc(NS(=O)(=O)c2ccc(Cl)s2)cc1)C(=O)Nc1cccc(Cl)c1. The molecule has 1 aromatic heterocycles. The number of carbonyl (C=O) groups is 2. The van der Waals surface area contributed by atoms with Gasteiger partial charge in [-0.1, -0.05) is 29.3 Å². The van der Waals surface area contributed by atoms with E-state index in [0.717, 1.165) is 11.3 Å². The van der Waals surface area contributed by atoms with Gasteiger partial charge in [-0.2, -0.15) is 0 Å². The third kappa shape index (κ3) is 6.20. The Bertz CT molecular complexity index is 1210. The van der Waals surface area contributed by atoms with Crippen LogP contribution in [-0.4, -0.2) is 26.4 Å². The Balaban J connectivity index is 1.60. The summed E-state index contributed by atoms with van der Waals surface area (Å²) in [5, 5.41) is 3.06. The smallest absolute Gasteiger partial charge is 0.338 e. The normalized spacial score (nSPS) is 12.1. The number of sulfonamides is 1. The summed E-state index contributed by atoms with van der Waals surface area (Å²) in [7, 11) is -3.78. The summed E-state index contributed by atoms with van der Waals surface area (Å²) >= 11 is 12.6. The standard InChI is InChI=1S/C20H16Cl2N2O5S2/c1-12(19(25)23-16-4-2-3-14(21)11-16)29-20(26)13-5-7-15(8-6-13)24-31(27,28)18-10-9-17(22)30-18/h2-12,24H,1H3,(H,23,25). The van der Waals surface area contributed by atoms with Gasteiger partial charge in [0, 0.05) is 16.4 Å². The van der Waals surface area contributed by atoms with Crippen molar-refractivity contribution in [2.24, 2.45) is 0 Å². The molecule has 3 rings (SSSR count). The molecule has 11 heteroatoms. The molecule has 7 nitrogen and oxygen atoms in total. The van der Waals surface area contributed by atoms with Crippen molar-refractivity contribution in [1.29, 1.82) is 0 Å². The van der Waals surface area contributed by atoms with Crippen molar-refractivity contribution < 1.29 is 22.7 Å². The highest BCUT2D eigenvalue weighted by molar-refractivity contribution is 7.94. The summed E-state index contributed by atoms with van der Waals surface area (Å²) in [4.78, 5) is 24.5. The van der Waals surface area contributed by atoms with Gasteiger partial charge in [0.15, 0.2) is 6.10 Å². The van der Waals surface area contributed by atoms with Gasteiger partial charge in [-0.3, -0.25) is 9.52 Å². The number of anilines is 2. The number of benzene rings is 2. The number of hydrogen-bond acceptors (Lipinski definition) is 6. The minimum atomic E-state index is -3.78. The van der Waals surface area contributed by atoms with Crippen LogP contribution in [-0.2, 0) is 19.6 Å². The number of ether oxygens (including phenoxy) is 1. The first-order chi connectivity index (χ1) is 14.6. The molecule has 0 saturated heterocycles.